The number of methoxy groups -OCH3 is 2. The molecule has 1 saturated heterocycles. The van der Waals surface area contributed by atoms with Gasteiger partial charge in [0.2, 0.25) is 0 Å². The van der Waals surface area contributed by atoms with Crippen molar-refractivity contribution in [3.63, 3.8) is 0 Å². The Hall–Kier alpha value is -1.64. The average molecular weight is 275 g/mol. The fourth-order valence-electron chi connectivity index (χ4n) is 2.95. The molecule has 3 nitrogen and oxygen atoms in total. The van der Waals surface area contributed by atoms with Crippen molar-refractivity contribution in [1.82, 2.24) is 4.90 Å². The van der Waals surface area contributed by atoms with Gasteiger partial charge < -0.3 is 14.4 Å². The summed E-state index contributed by atoms with van der Waals surface area (Å²) >= 11 is 0. The standard InChI is InChI=1S/C9H15N.C8H10O2/c1-10-7-6-8-4-2-3-5-9(8)10;1-9-7-5-3-4-6-8(7)10-2/h5,8H,2-4,6-7H2,1H3;3-6H,1-2H3. The second kappa shape index (κ2) is 7.22. The van der Waals surface area contributed by atoms with Gasteiger partial charge in [0, 0.05) is 25.2 Å². The van der Waals surface area contributed by atoms with E-state index >= 15 is 0 Å². The molecule has 1 heterocycles. The van der Waals surface area contributed by atoms with Crippen molar-refractivity contribution >= 4 is 0 Å². The summed E-state index contributed by atoms with van der Waals surface area (Å²) in [5.74, 6) is 2.47. The monoisotopic (exact) mass is 275 g/mol. The van der Waals surface area contributed by atoms with E-state index in [1.54, 1.807) is 19.9 Å². The van der Waals surface area contributed by atoms with Crippen molar-refractivity contribution in [1.29, 1.82) is 0 Å². The average Bonchev–Trinajstić information content (AvgIpc) is 2.90. The number of ether oxygens (including phenoxy) is 2. The predicted octanol–water partition coefficient (Wildman–Crippen LogP) is 3.71. The highest BCUT2D eigenvalue weighted by atomic mass is 16.5. The highest BCUT2D eigenvalue weighted by molar-refractivity contribution is 5.39. The zero-order chi connectivity index (χ0) is 14.4. The lowest BCUT2D eigenvalue weighted by Crippen LogP contribution is -2.13. The zero-order valence-electron chi connectivity index (χ0n) is 12.8. The highest BCUT2D eigenvalue weighted by Gasteiger charge is 2.26. The number of rotatable bonds is 2. The Morgan fingerprint density at radius 1 is 1.05 bits per heavy atom. The summed E-state index contributed by atoms with van der Waals surface area (Å²) in [7, 11) is 5.47. The molecule has 1 atom stereocenters. The van der Waals surface area contributed by atoms with Crippen LogP contribution in [0.1, 0.15) is 25.7 Å². The van der Waals surface area contributed by atoms with Crippen molar-refractivity contribution < 1.29 is 9.47 Å². The molecule has 1 aliphatic heterocycles. The van der Waals surface area contributed by atoms with E-state index in [4.69, 9.17) is 9.47 Å². The largest absolute Gasteiger partial charge is 0.493 e. The molecule has 0 bridgehead atoms. The molecular formula is C17H25NO2. The molecule has 1 aromatic rings. The van der Waals surface area contributed by atoms with E-state index < -0.39 is 0 Å². The van der Waals surface area contributed by atoms with Crippen LogP contribution in [0.2, 0.25) is 0 Å². The number of hydrogen-bond acceptors (Lipinski definition) is 3. The van der Waals surface area contributed by atoms with Crippen LogP contribution in [0.4, 0.5) is 0 Å². The van der Waals surface area contributed by atoms with E-state index in [2.05, 4.69) is 18.0 Å². The van der Waals surface area contributed by atoms with Crippen LogP contribution in [0.5, 0.6) is 11.5 Å². The Bertz CT molecular complexity index is 433. The van der Waals surface area contributed by atoms with Crippen molar-refractivity contribution in [3.05, 3.63) is 36.0 Å². The van der Waals surface area contributed by atoms with E-state index in [0.717, 1.165) is 17.4 Å². The summed E-state index contributed by atoms with van der Waals surface area (Å²) < 4.78 is 10.0. The second-order valence-electron chi connectivity index (χ2n) is 5.32. The summed E-state index contributed by atoms with van der Waals surface area (Å²) in [6, 6.07) is 7.53. The van der Waals surface area contributed by atoms with Crippen molar-refractivity contribution in [2.45, 2.75) is 25.7 Å². The lowest BCUT2D eigenvalue weighted by Gasteiger charge is -2.20. The van der Waals surface area contributed by atoms with Crippen molar-refractivity contribution in [2.24, 2.45) is 5.92 Å². The normalized spacial score (nSPS) is 20.4. The van der Waals surface area contributed by atoms with Crippen LogP contribution in [0.15, 0.2) is 36.0 Å². The van der Waals surface area contributed by atoms with E-state index in [1.807, 2.05) is 24.3 Å². The van der Waals surface area contributed by atoms with E-state index in [-0.39, 0.29) is 0 Å². The Labute approximate surface area is 122 Å². The predicted molar refractivity (Wildman–Crippen MR) is 82.2 cm³/mol. The Morgan fingerprint density at radius 2 is 1.70 bits per heavy atom. The van der Waals surface area contributed by atoms with Crippen molar-refractivity contribution in [2.75, 3.05) is 27.8 Å². The third kappa shape index (κ3) is 3.47. The van der Waals surface area contributed by atoms with Gasteiger partial charge in [-0.05, 0) is 37.8 Å². The second-order valence-corrected chi connectivity index (χ2v) is 5.32. The fourth-order valence-corrected chi connectivity index (χ4v) is 2.95. The van der Waals surface area contributed by atoms with Gasteiger partial charge in [0.25, 0.3) is 0 Å². The van der Waals surface area contributed by atoms with Gasteiger partial charge in [0.15, 0.2) is 11.5 Å². The van der Waals surface area contributed by atoms with Crippen LogP contribution < -0.4 is 9.47 Å². The lowest BCUT2D eigenvalue weighted by atomic mass is 9.93. The maximum atomic E-state index is 5.01. The molecule has 0 aromatic heterocycles. The molecule has 110 valence electrons. The molecule has 3 heteroatoms. The Balaban J connectivity index is 0.000000147. The molecule has 1 unspecified atom stereocenters. The minimum absolute atomic E-state index is 0.769. The minimum Gasteiger partial charge on any atom is -0.493 e. The van der Waals surface area contributed by atoms with Crippen LogP contribution in [0.3, 0.4) is 0 Å². The van der Waals surface area contributed by atoms with E-state index in [9.17, 15) is 0 Å². The first kappa shape index (κ1) is 14.8. The number of likely N-dealkylation sites (tertiary alicyclic amines) is 1. The summed E-state index contributed by atoms with van der Waals surface area (Å²) in [6.07, 6.45) is 8.01. The van der Waals surface area contributed by atoms with Crippen LogP contribution in [0, 0.1) is 5.92 Å². The van der Waals surface area contributed by atoms with E-state index in [0.29, 0.717) is 0 Å². The smallest absolute Gasteiger partial charge is 0.160 e. The first-order valence-electron chi connectivity index (χ1n) is 7.34. The van der Waals surface area contributed by atoms with E-state index in [1.165, 1.54) is 32.2 Å². The summed E-state index contributed by atoms with van der Waals surface area (Å²) in [6.45, 7) is 1.29. The maximum absolute atomic E-state index is 5.01. The number of para-hydroxylation sites is 2. The molecule has 0 saturated carbocycles. The minimum atomic E-state index is 0.769. The number of nitrogens with zero attached hydrogens (tertiary/aromatic N) is 1. The number of allylic oxidation sites excluding steroid dienone is 2. The molecule has 0 N–H and O–H groups in total. The molecule has 20 heavy (non-hydrogen) atoms. The van der Waals surface area contributed by atoms with Gasteiger partial charge in [-0.2, -0.15) is 0 Å². The summed E-state index contributed by atoms with van der Waals surface area (Å²) in [5, 5.41) is 0. The first-order chi connectivity index (χ1) is 9.76. The molecule has 1 aromatic carbocycles. The van der Waals surface area contributed by atoms with Gasteiger partial charge in [0.05, 0.1) is 14.2 Å². The van der Waals surface area contributed by atoms with Gasteiger partial charge in [-0.1, -0.05) is 18.2 Å². The maximum Gasteiger partial charge on any atom is 0.160 e. The molecule has 1 aliphatic carbocycles. The van der Waals surface area contributed by atoms with Gasteiger partial charge in [-0.15, -0.1) is 0 Å². The Morgan fingerprint density at radius 3 is 2.25 bits per heavy atom. The van der Waals surface area contributed by atoms with Crippen molar-refractivity contribution in [3.8, 4) is 11.5 Å². The molecule has 0 spiro atoms. The van der Waals surface area contributed by atoms with Gasteiger partial charge >= 0.3 is 0 Å². The summed E-state index contributed by atoms with van der Waals surface area (Å²) in [4.78, 5) is 2.42. The SMILES string of the molecule is CN1CCC2CCCC=C21.COc1ccccc1OC. The quantitative estimate of drug-likeness (QED) is 0.821. The number of hydrogen-bond donors (Lipinski definition) is 0. The first-order valence-corrected chi connectivity index (χ1v) is 7.34. The number of fused-ring (bicyclic) bond motifs is 1. The third-order valence-corrected chi connectivity index (χ3v) is 4.07. The zero-order valence-corrected chi connectivity index (χ0v) is 12.8. The summed E-state index contributed by atoms with van der Waals surface area (Å²) in [5.41, 5.74) is 1.63. The topological polar surface area (TPSA) is 21.7 Å². The third-order valence-electron chi connectivity index (χ3n) is 4.07. The molecule has 3 rings (SSSR count). The lowest BCUT2D eigenvalue weighted by molar-refractivity contribution is 0.355. The van der Waals surface area contributed by atoms with Gasteiger partial charge in [-0.25, -0.2) is 0 Å². The van der Waals surface area contributed by atoms with Crippen LogP contribution in [-0.2, 0) is 0 Å². The molecular weight excluding hydrogens is 250 g/mol. The van der Waals surface area contributed by atoms with Crippen LogP contribution in [-0.4, -0.2) is 32.7 Å². The highest BCUT2D eigenvalue weighted by Crippen LogP contribution is 2.34. The molecule has 2 aliphatic rings. The Kier molecular flexibility index (Phi) is 5.33. The van der Waals surface area contributed by atoms with Crippen LogP contribution >= 0.6 is 0 Å². The molecule has 0 radical (unpaired) electrons. The number of benzene rings is 1. The van der Waals surface area contributed by atoms with Gasteiger partial charge in [0.1, 0.15) is 0 Å². The molecule has 0 amide bonds. The fraction of sp³-hybridized carbons (Fsp3) is 0.529. The van der Waals surface area contributed by atoms with Gasteiger partial charge in [-0.3, -0.25) is 0 Å². The molecule has 1 fully saturated rings. The van der Waals surface area contributed by atoms with Crippen LogP contribution in [0.25, 0.3) is 0 Å².